The third-order valence-corrected chi connectivity index (χ3v) is 14.7. The van der Waals surface area contributed by atoms with Gasteiger partial charge in [0.2, 0.25) is 17.7 Å². The van der Waals surface area contributed by atoms with E-state index in [4.69, 9.17) is 5.10 Å². The topological polar surface area (TPSA) is 146 Å². The molecular weight excluding hydrogens is 821 g/mol. The minimum absolute atomic E-state index is 0.000757. The number of imide groups is 2. The molecule has 14 nitrogen and oxygen atoms in total. The molecule has 1 saturated carbocycles. The standard InChI is InChI=1S/C48H49F2N9O5/c1-26(60)56-15-12-40-38(25-56)45(57-14-3-4-28-16-32(33(44(49)50)19-42(28)57)37-24-54(2)39-11-13-51-20-36(37)39)53-59(40)31-7-5-27(6-8-31)21-55-22-29-17-34-35(18-30(29)23-55)48(64)58(47(34)63)41-9-10-43(61)52-46(41)62/h11,13,16-20,24,27,31,41,44H,3-10,12,14-15,21-23,25H2,1-2H3,(H,52,61,62). The Bertz CT molecular complexity index is 2780. The summed E-state index contributed by atoms with van der Waals surface area (Å²) in [4.78, 5) is 75.6. The highest BCUT2D eigenvalue weighted by atomic mass is 19.3. The molecule has 3 aromatic heterocycles. The van der Waals surface area contributed by atoms with Gasteiger partial charge in [-0.25, -0.2) is 8.78 Å². The quantitative estimate of drug-likeness (QED) is 0.181. The Morgan fingerprint density at radius 2 is 1.59 bits per heavy atom. The van der Waals surface area contributed by atoms with E-state index in [0.717, 1.165) is 106 Å². The summed E-state index contributed by atoms with van der Waals surface area (Å²) in [6.07, 6.45) is 8.96. The third kappa shape index (κ3) is 6.62. The van der Waals surface area contributed by atoms with Gasteiger partial charge in [0.15, 0.2) is 5.82 Å². The van der Waals surface area contributed by atoms with Crippen molar-refractivity contribution < 1.29 is 32.8 Å². The van der Waals surface area contributed by atoms with Gasteiger partial charge in [-0.1, -0.05) is 0 Å². The van der Waals surface area contributed by atoms with E-state index in [1.165, 1.54) is 0 Å². The molecule has 5 aliphatic heterocycles. The lowest BCUT2D eigenvalue weighted by Crippen LogP contribution is -2.54. The number of piperidine rings is 1. The van der Waals surface area contributed by atoms with Crippen LogP contribution in [-0.4, -0.2) is 89.2 Å². The van der Waals surface area contributed by atoms with Gasteiger partial charge in [-0.3, -0.25) is 48.8 Å². The van der Waals surface area contributed by atoms with Crippen LogP contribution in [0.5, 0.6) is 0 Å². The second kappa shape index (κ2) is 15.5. The van der Waals surface area contributed by atoms with E-state index in [0.29, 0.717) is 61.8 Å². The summed E-state index contributed by atoms with van der Waals surface area (Å²) in [5.74, 6) is -0.797. The summed E-state index contributed by atoms with van der Waals surface area (Å²) < 4.78 is 34.4. The number of pyridine rings is 1. The van der Waals surface area contributed by atoms with Crippen LogP contribution >= 0.6 is 0 Å². The monoisotopic (exact) mass is 869 g/mol. The number of hydrogen-bond acceptors (Lipinski definition) is 9. The number of carbonyl (C=O) groups excluding carboxylic acids is 5. The van der Waals surface area contributed by atoms with Crippen LogP contribution in [0.2, 0.25) is 0 Å². The van der Waals surface area contributed by atoms with E-state index in [1.54, 1.807) is 25.4 Å². The van der Waals surface area contributed by atoms with Crippen LogP contribution in [0.3, 0.4) is 0 Å². The Morgan fingerprint density at radius 1 is 0.859 bits per heavy atom. The van der Waals surface area contributed by atoms with Crippen LogP contribution in [0.4, 0.5) is 20.3 Å². The number of rotatable bonds is 7. The van der Waals surface area contributed by atoms with Gasteiger partial charge in [-0.05, 0) is 103 Å². The summed E-state index contributed by atoms with van der Waals surface area (Å²) in [5, 5.41) is 8.46. The second-order valence-electron chi connectivity index (χ2n) is 18.5. The number of aryl methyl sites for hydroxylation is 2. The lowest BCUT2D eigenvalue weighted by atomic mass is 9.85. The summed E-state index contributed by atoms with van der Waals surface area (Å²) in [5.41, 5.74) is 8.67. The summed E-state index contributed by atoms with van der Waals surface area (Å²) >= 11 is 0. The Kier molecular flexibility index (Phi) is 9.78. The number of carbonyl (C=O) groups is 5. The zero-order valence-corrected chi connectivity index (χ0v) is 35.9. The molecule has 2 fully saturated rings. The molecule has 6 aliphatic rings. The van der Waals surface area contributed by atoms with Crippen molar-refractivity contribution in [1.29, 1.82) is 0 Å². The van der Waals surface area contributed by atoms with Crippen LogP contribution in [-0.2, 0) is 53.9 Å². The van der Waals surface area contributed by atoms with E-state index in [2.05, 4.69) is 24.8 Å². The molecule has 5 amide bonds. The predicted octanol–water partition coefficient (Wildman–Crippen LogP) is 6.51. The smallest absolute Gasteiger partial charge is 0.264 e. The molecule has 1 atom stereocenters. The van der Waals surface area contributed by atoms with Crippen molar-refractivity contribution in [3.8, 4) is 11.1 Å². The molecule has 16 heteroatoms. The summed E-state index contributed by atoms with van der Waals surface area (Å²) in [6.45, 7) is 5.45. The summed E-state index contributed by atoms with van der Waals surface area (Å²) in [6, 6.07) is 8.31. The average Bonchev–Trinajstić information content (AvgIpc) is 4.03. The zero-order valence-electron chi connectivity index (χ0n) is 35.9. The first-order chi connectivity index (χ1) is 30.9. The highest BCUT2D eigenvalue weighted by Crippen LogP contribution is 2.46. The molecule has 5 aromatic rings. The molecule has 330 valence electrons. The Labute approximate surface area is 368 Å². The molecular formula is C48H49F2N9O5. The van der Waals surface area contributed by atoms with Crippen molar-refractivity contribution in [1.82, 2.24) is 39.3 Å². The van der Waals surface area contributed by atoms with Gasteiger partial charge in [0.25, 0.3) is 18.2 Å². The number of halogens is 2. The fraction of sp³-hybridized carbons (Fsp3) is 0.438. The summed E-state index contributed by atoms with van der Waals surface area (Å²) in [7, 11) is 1.92. The van der Waals surface area contributed by atoms with Crippen LogP contribution in [0, 0.1) is 5.92 Å². The Morgan fingerprint density at radius 3 is 2.30 bits per heavy atom. The number of hydrogen-bond donors (Lipinski definition) is 1. The highest BCUT2D eigenvalue weighted by molar-refractivity contribution is 6.23. The molecule has 1 aliphatic carbocycles. The SMILES string of the molecule is CC(=O)N1CCc2c(c(N3CCCc4cc(-c5cn(C)c6ccncc56)c(C(F)F)cc43)nn2C2CCC(CN3Cc4cc5c(cc4C3)C(=O)N(C3CCC(=O)NC3=O)C5=O)CC2)C1. The molecule has 1 saturated heterocycles. The van der Waals surface area contributed by atoms with Crippen LogP contribution in [0.25, 0.3) is 22.0 Å². The van der Waals surface area contributed by atoms with Crippen molar-refractivity contribution in [2.75, 3.05) is 24.5 Å². The number of nitrogens with zero attached hydrogens (tertiary/aromatic N) is 8. The van der Waals surface area contributed by atoms with Crippen LogP contribution in [0.1, 0.15) is 119 Å². The Hall–Kier alpha value is -6.29. The largest absolute Gasteiger partial charge is 0.350 e. The average molecular weight is 870 g/mol. The number of fused-ring (bicyclic) bond motifs is 5. The van der Waals surface area contributed by atoms with E-state index in [-0.39, 0.29) is 30.4 Å². The van der Waals surface area contributed by atoms with E-state index < -0.39 is 36.1 Å². The minimum Gasteiger partial charge on any atom is -0.350 e. The van der Waals surface area contributed by atoms with Gasteiger partial charge in [-0.15, -0.1) is 0 Å². The number of anilines is 2. The molecule has 2 aromatic carbocycles. The van der Waals surface area contributed by atoms with Crippen molar-refractivity contribution in [2.24, 2.45) is 13.0 Å². The molecule has 1 N–H and O–H groups in total. The fourth-order valence-corrected chi connectivity index (χ4v) is 11.5. The maximum Gasteiger partial charge on any atom is 0.264 e. The molecule has 0 spiro atoms. The van der Waals surface area contributed by atoms with E-state index in [1.807, 2.05) is 47.0 Å². The van der Waals surface area contributed by atoms with Gasteiger partial charge in [0.1, 0.15) is 6.04 Å². The van der Waals surface area contributed by atoms with Crippen LogP contribution < -0.4 is 10.2 Å². The number of nitrogens with one attached hydrogen (secondary N) is 1. The van der Waals surface area contributed by atoms with E-state index in [9.17, 15) is 24.0 Å². The lowest BCUT2D eigenvalue weighted by molar-refractivity contribution is -0.136. The molecule has 1 unspecified atom stereocenters. The number of benzene rings is 2. The van der Waals surface area contributed by atoms with Crippen molar-refractivity contribution >= 4 is 51.9 Å². The van der Waals surface area contributed by atoms with Crippen LogP contribution in [0.15, 0.2) is 48.9 Å². The first-order valence-electron chi connectivity index (χ1n) is 22.5. The van der Waals surface area contributed by atoms with Crippen molar-refractivity contribution in [2.45, 2.75) is 103 Å². The number of amides is 5. The maximum atomic E-state index is 15.1. The second-order valence-corrected chi connectivity index (χ2v) is 18.5. The predicted molar refractivity (Wildman–Crippen MR) is 232 cm³/mol. The Balaban J connectivity index is 0.818. The van der Waals surface area contributed by atoms with Crippen molar-refractivity contribution in [3.05, 3.63) is 93.6 Å². The molecule has 0 radical (unpaired) electrons. The minimum atomic E-state index is -2.70. The van der Waals surface area contributed by atoms with E-state index >= 15 is 8.78 Å². The molecule has 8 heterocycles. The van der Waals surface area contributed by atoms with Gasteiger partial charge >= 0.3 is 0 Å². The van der Waals surface area contributed by atoms with Gasteiger partial charge in [0, 0.05) is 112 Å². The van der Waals surface area contributed by atoms with Gasteiger partial charge in [0.05, 0.1) is 29.2 Å². The number of aromatic nitrogens is 4. The third-order valence-electron chi connectivity index (χ3n) is 14.7. The van der Waals surface area contributed by atoms with Crippen molar-refractivity contribution in [3.63, 3.8) is 0 Å². The first-order valence-corrected chi connectivity index (χ1v) is 22.5. The zero-order chi connectivity index (χ0) is 44.1. The fourth-order valence-electron chi connectivity index (χ4n) is 11.5. The molecule has 11 rings (SSSR count). The first kappa shape index (κ1) is 40.5. The van der Waals surface area contributed by atoms with Gasteiger partial charge < -0.3 is 14.4 Å². The van der Waals surface area contributed by atoms with Gasteiger partial charge in [-0.2, -0.15) is 5.10 Å². The molecule has 0 bridgehead atoms. The maximum absolute atomic E-state index is 15.1. The molecule has 64 heavy (non-hydrogen) atoms. The highest BCUT2D eigenvalue weighted by Gasteiger charge is 2.46. The number of alkyl halides is 2. The normalized spacial score (nSPS) is 22.3. The lowest BCUT2D eigenvalue weighted by Gasteiger charge is -2.33.